The molecule has 1 aliphatic heterocycles. The van der Waals surface area contributed by atoms with Crippen LogP contribution in [0, 0.1) is 11.7 Å². The molecule has 4 rings (SSSR count). The second-order valence-corrected chi connectivity index (χ2v) is 6.16. The summed E-state index contributed by atoms with van der Waals surface area (Å²) in [6.45, 7) is 3.20. The maximum absolute atomic E-state index is 13.3. The Balaban J connectivity index is 1.59. The number of nitrogens with zero attached hydrogens (tertiary/aromatic N) is 4. The van der Waals surface area contributed by atoms with E-state index in [4.69, 9.17) is 0 Å². The highest BCUT2D eigenvalue weighted by molar-refractivity contribution is 5.46. The van der Waals surface area contributed by atoms with Gasteiger partial charge in [0.15, 0.2) is 5.65 Å². The summed E-state index contributed by atoms with van der Waals surface area (Å²) in [7, 11) is 0. The molecule has 1 N–H and O–H groups in total. The van der Waals surface area contributed by atoms with Crippen LogP contribution in [0.2, 0.25) is 0 Å². The van der Waals surface area contributed by atoms with Crippen LogP contribution < -0.4 is 10.2 Å². The van der Waals surface area contributed by atoms with Gasteiger partial charge in [-0.1, -0.05) is 0 Å². The number of hydrogen-bond donors (Lipinski definition) is 1. The van der Waals surface area contributed by atoms with E-state index in [2.05, 4.69) is 20.3 Å². The molecule has 0 spiro atoms. The molecule has 5 nitrogen and oxygen atoms in total. The second kappa shape index (κ2) is 5.26. The van der Waals surface area contributed by atoms with E-state index in [-0.39, 0.29) is 5.82 Å². The number of nitrogens with one attached hydrogen (secondary N) is 1. The molecule has 3 heterocycles. The van der Waals surface area contributed by atoms with Gasteiger partial charge in [0.2, 0.25) is 5.95 Å². The minimum atomic E-state index is -0.284. The Labute approximate surface area is 123 Å². The van der Waals surface area contributed by atoms with Crippen LogP contribution in [0.3, 0.4) is 0 Å². The summed E-state index contributed by atoms with van der Waals surface area (Å²) in [6, 6.07) is 3.67. The van der Waals surface area contributed by atoms with Crippen LogP contribution in [-0.4, -0.2) is 40.3 Å². The lowest BCUT2D eigenvalue weighted by molar-refractivity contribution is 0.374. The zero-order valence-electron chi connectivity index (χ0n) is 12.0. The van der Waals surface area contributed by atoms with Crippen LogP contribution in [0.5, 0.6) is 0 Å². The van der Waals surface area contributed by atoms with Crippen LogP contribution in [-0.2, 0) is 0 Å². The zero-order valence-corrected chi connectivity index (χ0v) is 12.0. The van der Waals surface area contributed by atoms with E-state index < -0.39 is 0 Å². The van der Waals surface area contributed by atoms with Gasteiger partial charge in [0, 0.05) is 12.6 Å². The Morgan fingerprint density at radius 2 is 2.24 bits per heavy atom. The Kier molecular flexibility index (Phi) is 3.25. The molecule has 2 aliphatic rings. The van der Waals surface area contributed by atoms with E-state index >= 15 is 0 Å². The minimum Gasteiger partial charge on any atom is -0.336 e. The summed E-state index contributed by atoms with van der Waals surface area (Å²) in [6.07, 6.45) is 6.32. The molecule has 0 aromatic carbocycles. The number of hydrogen-bond acceptors (Lipinski definition) is 4. The van der Waals surface area contributed by atoms with Gasteiger partial charge >= 0.3 is 0 Å². The van der Waals surface area contributed by atoms with Crippen LogP contribution >= 0.6 is 0 Å². The lowest BCUT2D eigenvalue weighted by Crippen LogP contribution is -2.39. The maximum atomic E-state index is 13.3. The van der Waals surface area contributed by atoms with Crippen molar-refractivity contribution < 1.29 is 4.39 Å². The molecule has 1 atom stereocenters. The van der Waals surface area contributed by atoms with Gasteiger partial charge in [-0.25, -0.2) is 8.91 Å². The number of fused-ring (bicyclic) bond motifs is 1. The number of rotatable bonds is 4. The molecular formula is C15H20FN5. The van der Waals surface area contributed by atoms with Crippen molar-refractivity contribution in [2.75, 3.05) is 24.5 Å². The Morgan fingerprint density at radius 1 is 1.33 bits per heavy atom. The van der Waals surface area contributed by atoms with E-state index in [1.54, 1.807) is 10.6 Å². The van der Waals surface area contributed by atoms with Crippen molar-refractivity contribution in [3.63, 3.8) is 0 Å². The monoisotopic (exact) mass is 289 g/mol. The van der Waals surface area contributed by atoms with E-state index in [1.807, 2.05) is 0 Å². The highest BCUT2D eigenvalue weighted by atomic mass is 19.1. The van der Waals surface area contributed by atoms with Gasteiger partial charge in [-0.2, -0.15) is 4.98 Å². The lowest BCUT2D eigenvalue weighted by Gasteiger charge is -2.29. The highest BCUT2D eigenvalue weighted by Crippen LogP contribution is 2.31. The zero-order chi connectivity index (χ0) is 14.2. The molecule has 0 radical (unpaired) electrons. The number of anilines is 1. The van der Waals surface area contributed by atoms with Gasteiger partial charge in [0.1, 0.15) is 5.82 Å². The van der Waals surface area contributed by atoms with Crippen molar-refractivity contribution in [1.82, 2.24) is 19.9 Å². The predicted octanol–water partition coefficient (Wildman–Crippen LogP) is 1.84. The topological polar surface area (TPSA) is 45.5 Å². The third kappa shape index (κ3) is 2.72. The van der Waals surface area contributed by atoms with Crippen LogP contribution in [0.1, 0.15) is 25.7 Å². The summed E-state index contributed by atoms with van der Waals surface area (Å²) in [4.78, 5) is 6.89. The molecule has 2 fully saturated rings. The SMILES string of the molecule is Fc1ccc2nc(N(CC3CCCNC3)C3CC3)nn2c1. The Hall–Kier alpha value is -1.69. The number of pyridine rings is 1. The summed E-state index contributed by atoms with van der Waals surface area (Å²) >= 11 is 0. The molecule has 1 saturated carbocycles. The lowest BCUT2D eigenvalue weighted by atomic mass is 9.99. The first kappa shape index (κ1) is 13.0. The summed E-state index contributed by atoms with van der Waals surface area (Å²) < 4.78 is 14.8. The van der Waals surface area contributed by atoms with Crippen molar-refractivity contribution in [2.45, 2.75) is 31.7 Å². The first-order valence-corrected chi connectivity index (χ1v) is 7.79. The van der Waals surface area contributed by atoms with Crippen molar-refractivity contribution in [3.05, 3.63) is 24.1 Å². The summed E-state index contributed by atoms with van der Waals surface area (Å²) in [5, 5.41) is 7.93. The van der Waals surface area contributed by atoms with Crippen LogP contribution in [0.4, 0.5) is 10.3 Å². The van der Waals surface area contributed by atoms with Crippen molar-refractivity contribution in [3.8, 4) is 0 Å². The van der Waals surface area contributed by atoms with Crippen LogP contribution in [0.25, 0.3) is 5.65 Å². The molecule has 112 valence electrons. The van der Waals surface area contributed by atoms with E-state index in [9.17, 15) is 4.39 Å². The Morgan fingerprint density at radius 3 is 3.00 bits per heavy atom. The summed E-state index contributed by atoms with van der Waals surface area (Å²) in [5.41, 5.74) is 0.707. The largest absolute Gasteiger partial charge is 0.336 e. The fraction of sp³-hybridized carbons (Fsp3) is 0.600. The molecule has 2 aromatic heterocycles. The second-order valence-electron chi connectivity index (χ2n) is 6.16. The molecule has 21 heavy (non-hydrogen) atoms. The fourth-order valence-electron chi connectivity index (χ4n) is 3.11. The number of halogens is 1. The predicted molar refractivity (Wildman–Crippen MR) is 78.9 cm³/mol. The molecular weight excluding hydrogens is 269 g/mol. The maximum Gasteiger partial charge on any atom is 0.245 e. The highest BCUT2D eigenvalue weighted by Gasteiger charge is 2.33. The molecule has 1 unspecified atom stereocenters. The van der Waals surface area contributed by atoms with Gasteiger partial charge in [0.25, 0.3) is 0 Å². The van der Waals surface area contributed by atoms with Gasteiger partial charge in [-0.05, 0) is 56.8 Å². The molecule has 2 aromatic rings. The molecule has 1 saturated heterocycles. The average Bonchev–Trinajstić information content (AvgIpc) is 3.25. The van der Waals surface area contributed by atoms with Gasteiger partial charge in [-0.15, -0.1) is 5.10 Å². The fourth-order valence-corrected chi connectivity index (χ4v) is 3.11. The van der Waals surface area contributed by atoms with Crippen molar-refractivity contribution in [1.29, 1.82) is 0 Å². The quantitative estimate of drug-likeness (QED) is 0.933. The minimum absolute atomic E-state index is 0.284. The average molecular weight is 289 g/mol. The van der Waals surface area contributed by atoms with Gasteiger partial charge < -0.3 is 10.2 Å². The molecule has 6 heteroatoms. The van der Waals surface area contributed by atoms with Gasteiger partial charge in [-0.3, -0.25) is 0 Å². The third-order valence-corrected chi connectivity index (χ3v) is 4.38. The van der Waals surface area contributed by atoms with E-state index in [1.165, 1.54) is 37.9 Å². The first-order chi connectivity index (χ1) is 10.3. The summed E-state index contributed by atoms with van der Waals surface area (Å²) in [5.74, 6) is 1.12. The molecule has 0 bridgehead atoms. The van der Waals surface area contributed by atoms with Gasteiger partial charge in [0.05, 0.1) is 6.20 Å². The van der Waals surface area contributed by atoms with Crippen molar-refractivity contribution in [2.24, 2.45) is 5.92 Å². The van der Waals surface area contributed by atoms with Crippen molar-refractivity contribution >= 4 is 11.6 Å². The third-order valence-electron chi connectivity index (χ3n) is 4.38. The molecule has 1 aliphatic carbocycles. The van der Waals surface area contributed by atoms with E-state index in [0.717, 1.165) is 25.6 Å². The normalized spacial score (nSPS) is 22.6. The standard InChI is InChI=1S/C15H20FN5/c16-12-3-6-14-18-15(19-21(14)10-12)20(13-4-5-13)9-11-2-1-7-17-8-11/h3,6,10-11,13,17H,1-2,4-5,7-9H2. The first-order valence-electron chi connectivity index (χ1n) is 7.79. The molecule has 0 amide bonds. The van der Waals surface area contributed by atoms with Crippen LogP contribution in [0.15, 0.2) is 18.3 Å². The smallest absolute Gasteiger partial charge is 0.245 e. The number of piperidine rings is 1. The Bertz CT molecular complexity index is 630. The van der Waals surface area contributed by atoms with E-state index in [0.29, 0.717) is 17.6 Å². The number of aromatic nitrogens is 3.